The summed E-state index contributed by atoms with van der Waals surface area (Å²) >= 11 is 4.89. The summed E-state index contributed by atoms with van der Waals surface area (Å²) in [5.41, 5.74) is 0.941. The minimum absolute atomic E-state index is 0.0236. The molecule has 2 heterocycles. The van der Waals surface area contributed by atoms with Crippen LogP contribution in [-0.2, 0) is 4.79 Å². The molecule has 0 unspecified atom stereocenters. The number of carbonyl (C=O) groups is 1. The molecule has 1 aliphatic rings. The molecule has 0 bridgehead atoms. The fourth-order valence-corrected chi connectivity index (χ4v) is 3.95. The van der Waals surface area contributed by atoms with Crippen molar-refractivity contribution in [3.63, 3.8) is 0 Å². The van der Waals surface area contributed by atoms with Crippen LogP contribution in [0.3, 0.4) is 0 Å². The normalized spacial score (nSPS) is 14.8. The summed E-state index contributed by atoms with van der Waals surface area (Å²) in [5, 5.41) is 5.41. The van der Waals surface area contributed by atoms with E-state index in [1.54, 1.807) is 23.5 Å². The van der Waals surface area contributed by atoms with Crippen LogP contribution in [0.5, 0.6) is 0 Å². The molecule has 0 fully saturated rings. The molecule has 0 aromatic carbocycles. The van der Waals surface area contributed by atoms with E-state index in [4.69, 9.17) is 0 Å². The van der Waals surface area contributed by atoms with E-state index in [1.165, 1.54) is 11.3 Å². The van der Waals surface area contributed by atoms with E-state index in [0.29, 0.717) is 11.6 Å². The molecule has 92 valence electrons. The second kappa shape index (κ2) is 6.42. The molecule has 1 aliphatic heterocycles. The van der Waals surface area contributed by atoms with Gasteiger partial charge in [0.1, 0.15) is 4.38 Å². The Morgan fingerprint density at radius 1 is 1.65 bits per heavy atom. The number of aromatic nitrogens is 1. The third-order valence-electron chi connectivity index (χ3n) is 1.98. The second-order valence-corrected chi connectivity index (χ2v) is 6.72. The highest BCUT2D eigenvalue weighted by Crippen LogP contribution is 2.22. The van der Waals surface area contributed by atoms with Crippen molar-refractivity contribution in [1.82, 2.24) is 4.98 Å². The summed E-state index contributed by atoms with van der Waals surface area (Å²) in [6, 6.07) is 0. The quantitative estimate of drug-likeness (QED) is 0.925. The molecule has 0 atom stereocenters. The lowest BCUT2D eigenvalue weighted by Crippen LogP contribution is -2.12. The van der Waals surface area contributed by atoms with Crippen LogP contribution in [0.15, 0.2) is 10.4 Å². The van der Waals surface area contributed by atoms with Gasteiger partial charge in [-0.25, -0.2) is 4.98 Å². The molecule has 4 nitrogen and oxygen atoms in total. The molecule has 1 amide bonds. The molecule has 1 N–H and O–H groups in total. The molecule has 0 radical (unpaired) electrons. The van der Waals surface area contributed by atoms with Crippen molar-refractivity contribution in [2.75, 3.05) is 23.4 Å². The summed E-state index contributed by atoms with van der Waals surface area (Å²) in [7, 11) is 0. The number of nitrogens with one attached hydrogen (secondary N) is 1. The molecule has 17 heavy (non-hydrogen) atoms. The summed E-state index contributed by atoms with van der Waals surface area (Å²) < 4.78 is 1.11. The maximum Gasteiger partial charge on any atom is 0.226 e. The van der Waals surface area contributed by atoms with Crippen molar-refractivity contribution < 1.29 is 4.79 Å². The number of hydrogen-bond donors (Lipinski definition) is 1. The van der Waals surface area contributed by atoms with Crippen LogP contribution in [0.1, 0.15) is 12.1 Å². The monoisotopic (exact) mass is 287 g/mol. The van der Waals surface area contributed by atoms with Gasteiger partial charge in [-0.1, -0.05) is 23.5 Å². The summed E-state index contributed by atoms with van der Waals surface area (Å²) in [6.45, 7) is 2.83. The van der Waals surface area contributed by atoms with Crippen molar-refractivity contribution in [3.8, 4) is 0 Å². The van der Waals surface area contributed by atoms with Crippen LogP contribution in [0, 0.1) is 6.92 Å². The average molecular weight is 287 g/mol. The van der Waals surface area contributed by atoms with Crippen LogP contribution in [-0.4, -0.2) is 33.3 Å². The number of nitrogens with zero attached hydrogens (tertiary/aromatic N) is 2. The zero-order valence-corrected chi connectivity index (χ0v) is 11.9. The lowest BCUT2D eigenvalue weighted by molar-refractivity contribution is -0.115. The van der Waals surface area contributed by atoms with Gasteiger partial charge in [-0.15, -0.1) is 11.3 Å². The molecule has 0 saturated heterocycles. The molecular formula is C10H13N3OS3. The Balaban J connectivity index is 1.67. The highest BCUT2D eigenvalue weighted by Gasteiger charge is 2.09. The SMILES string of the molecule is Cc1csc(NC(=O)CCSC2=NCCS2)n1. The van der Waals surface area contributed by atoms with Crippen LogP contribution < -0.4 is 5.32 Å². The van der Waals surface area contributed by atoms with Gasteiger partial charge in [-0.2, -0.15) is 0 Å². The zero-order chi connectivity index (χ0) is 12.1. The molecule has 1 aromatic heterocycles. The first-order valence-electron chi connectivity index (χ1n) is 5.26. The zero-order valence-electron chi connectivity index (χ0n) is 9.43. The number of anilines is 1. The highest BCUT2D eigenvalue weighted by molar-refractivity contribution is 8.39. The molecule has 0 aliphatic carbocycles. The average Bonchev–Trinajstić information content (AvgIpc) is 2.90. The Morgan fingerprint density at radius 2 is 2.53 bits per heavy atom. The smallest absolute Gasteiger partial charge is 0.226 e. The number of aliphatic imine (C=N–C) groups is 1. The van der Waals surface area contributed by atoms with Gasteiger partial charge in [0, 0.05) is 23.3 Å². The van der Waals surface area contributed by atoms with E-state index >= 15 is 0 Å². The number of thioether (sulfide) groups is 2. The van der Waals surface area contributed by atoms with E-state index in [1.807, 2.05) is 12.3 Å². The number of rotatable bonds is 4. The Kier molecular flexibility index (Phi) is 4.87. The highest BCUT2D eigenvalue weighted by atomic mass is 32.2. The van der Waals surface area contributed by atoms with Gasteiger partial charge in [-0.05, 0) is 6.92 Å². The van der Waals surface area contributed by atoms with Crippen molar-refractivity contribution in [1.29, 1.82) is 0 Å². The topological polar surface area (TPSA) is 54.4 Å². The summed E-state index contributed by atoms with van der Waals surface area (Å²) in [6.07, 6.45) is 0.503. The number of hydrogen-bond acceptors (Lipinski definition) is 6. The molecule has 7 heteroatoms. The van der Waals surface area contributed by atoms with Gasteiger partial charge in [0.2, 0.25) is 5.91 Å². The Hall–Kier alpha value is -0.530. The van der Waals surface area contributed by atoms with Gasteiger partial charge in [-0.3, -0.25) is 9.79 Å². The lowest BCUT2D eigenvalue weighted by atomic mass is 10.4. The fourth-order valence-electron chi connectivity index (χ4n) is 1.23. The van der Waals surface area contributed by atoms with Crippen LogP contribution in [0.2, 0.25) is 0 Å². The predicted octanol–water partition coefficient (Wildman–Crippen LogP) is 2.62. The van der Waals surface area contributed by atoms with Gasteiger partial charge < -0.3 is 5.32 Å². The third-order valence-corrected chi connectivity index (χ3v) is 5.11. The van der Waals surface area contributed by atoms with Gasteiger partial charge in [0.25, 0.3) is 0 Å². The van der Waals surface area contributed by atoms with Crippen LogP contribution in [0.25, 0.3) is 0 Å². The number of thiazole rings is 1. The molecule has 0 spiro atoms. The first kappa shape index (κ1) is 12.9. The molecule has 1 aromatic rings. The van der Waals surface area contributed by atoms with Crippen molar-refractivity contribution >= 4 is 50.3 Å². The van der Waals surface area contributed by atoms with Crippen LogP contribution >= 0.6 is 34.9 Å². The maximum absolute atomic E-state index is 11.6. The molecule has 2 rings (SSSR count). The van der Waals surface area contributed by atoms with Crippen LogP contribution in [0.4, 0.5) is 5.13 Å². The number of carbonyl (C=O) groups excluding carboxylic acids is 1. The Labute approximate surface area is 113 Å². The molecule has 0 saturated carbocycles. The minimum atomic E-state index is 0.0236. The van der Waals surface area contributed by atoms with E-state index in [-0.39, 0.29) is 5.91 Å². The maximum atomic E-state index is 11.6. The predicted molar refractivity (Wildman–Crippen MR) is 77.3 cm³/mol. The number of amides is 1. The largest absolute Gasteiger partial charge is 0.302 e. The van der Waals surface area contributed by atoms with Gasteiger partial charge in [0.15, 0.2) is 5.13 Å². The van der Waals surface area contributed by atoms with Crippen molar-refractivity contribution in [2.24, 2.45) is 4.99 Å². The Bertz CT molecular complexity index is 430. The second-order valence-electron chi connectivity index (χ2n) is 3.44. The van der Waals surface area contributed by atoms with E-state index < -0.39 is 0 Å². The van der Waals surface area contributed by atoms with E-state index in [0.717, 1.165) is 28.1 Å². The van der Waals surface area contributed by atoms with Crippen molar-refractivity contribution in [2.45, 2.75) is 13.3 Å². The van der Waals surface area contributed by atoms with Gasteiger partial charge >= 0.3 is 0 Å². The molecular weight excluding hydrogens is 274 g/mol. The first-order chi connectivity index (χ1) is 8.24. The van der Waals surface area contributed by atoms with Crippen molar-refractivity contribution in [3.05, 3.63) is 11.1 Å². The fraction of sp³-hybridized carbons (Fsp3) is 0.500. The number of aryl methyl sites for hydroxylation is 1. The van der Waals surface area contributed by atoms with Gasteiger partial charge in [0.05, 0.1) is 12.2 Å². The first-order valence-corrected chi connectivity index (χ1v) is 8.11. The van der Waals surface area contributed by atoms with E-state index in [2.05, 4.69) is 15.3 Å². The van der Waals surface area contributed by atoms with E-state index in [9.17, 15) is 4.79 Å². The lowest BCUT2D eigenvalue weighted by Gasteiger charge is -2.01. The minimum Gasteiger partial charge on any atom is -0.302 e. The Morgan fingerprint density at radius 3 is 3.18 bits per heavy atom. The summed E-state index contributed by atoms with van der Waals surface area (Å²) in [5.74, 6) is 1.88. The third kappa shape index (κ3) is 4.33. The summed E-state index contributed by atoms with van der Waals surface area (Å²) in [4.78, 5) is 20.1. The standard InChI is InChI=1S/C10H13N3OS3/c1-7-6-17-9(12-7)13-8(14)2-4-15-10-11-3-5-16-10/h6H,2-5H2,1H3,(H,12,13,14).